The molecule has 0 aliphatic heterocycles. The lowest BCUT2D eigenvalue weighted by Crippen LogP contribution is -1.95. The van der Waals surface area contributed by atoms with Crippen molar-refractivity contribution in [2.75, 3.05) is 0 Å². The van der Waals surface area contributed by atoms with E-state index >= 15 is 0 Å². The number of nitro groups is 1. The molecule has 1 aromatic heterocycles. The van der Waals surface area contributed by atoms with E-state index in [1.807, 2.05) is 6.07 Å². The molecule has 0 unspecified atom stereocenters. The van der Waals surface area contributed by atoms with Crippen molar-refractivity contribution in [3.8, 4) is 11.1 Å². The summed E-state index contributed by atoms with van der Waals surface area (Å²) >= 11 is 0. The van der Waals surface area contributed by atoms with Gasteiger partial charge in [0.15, 0.2) is 0 Å². The topological polar surface area (TPSA) is 58.9 Å². The molecule has 0 radical (unpaired) electrons. The van der Waals surface area contributed by atoms with Crippen LogP contribution in [0, 0.1) is 15.9 Å². The first-order valence-corrected chi connectivity index (χ1v) is 8.66. The first-order valence-electron chi connectivity index (χ1n) is 8.66. The fourth-order valence-corrected chi connectivity index (χ4v) is 3.32. The summed E-state index contributed by atoms with van der Waals surface area (Å²) < 4.78 is 14.5. The maximum absolute atomic E-state index is 14.5. The maximum atomic E-state index is 14.5. The third-order valence-corrected chi connectivity index (χ3v) is 4.50. The summed E-state index contributed by atoms with van der Waals surface area (Å²) in [6.45, 7) is 2.15. The molecule has 25 heavy (non-hydrogen) atoms. The van der Waals surface area contributed by atoms with E-state index in [4.69, 9.17) is 0 Å². The number of nitrogens with zero attached hydrogens (tertiary/aromatic N) is 1. The van der Waals surface area contributed by atoms with E-state index < -0.39 is 4.92 Å². The maximum Gasteiger partial charge on any atom is 0.277 e. The third kappa shape index (κ3) is 3.40. The minimum atomic E-state index is -0.407. The number of nitrogens with one attached hydrogen (secondary N) is 1. The number of hydrogen-bond acceptors (Lipinski definition) is 2. The van der Waals surface area contributed by atoms with Gasteiger partial charge in [-0.25, -0.2) is 4.39 Å². The molecule has 0 fully saturated rings. The molecule has 2 aromatic carbocycles. The van der Waals surface area contributed by atoms with Gasteiger partial charge in [-0.2, -0.15) is 0 Å². The molecule has 3 rings (SSSR count). The molecule has 0 aliphatic rings. The normalized spacial score (nSPS) is 11.1. The van der Waals surface area contributed by atoms with Crippen LogP contribution in [0.1, 0.15) is 38.3 Å². The first-order chi connectivity index (χ1) is 12.1. The number of aryl methyl sites for hydroxylation is 1. The Morgan fingerprint density at radius 1 is 1.08 bits per heavy atom. The zero-order valence-electron chi connectivity index (χ0n) is 14.2. The number of aromatic nitrogens is 1. The molecule has 5 heteroatoms. The minimum absolute atomic E-state index is 0.00135. The Hall–Kier alpha value is -2.69. The van der Waals surface area contributed by atoms with Crippen molar-refractivity contribution in [1.29, 1.82) is 0 Å². The van der Waals surface area contributed by atoms with Crippen LogP contribution in [0.25, 0.3) is 22.0 Å². The number of aromatic amines is 1. The second-order valence-electron chi connectivity index (χ2n) is 6.23. The van der Waals surface area contributed by atoms with Gasteiger partial charge < -0.3 is 4.98 Å². The van der Waals surface area contributed by atoms with Gasteiger partial charge in [-0.15, -0.1) is 0 Å². The van der Waals surface area contributed by atoms with Gasteiger partial charge in [0.1, 0.15) is 5.82 Å². The summed E-state index contributed by atoms with van der Waals surface area (Å²) in [5.41, 5.74) is 2.64. The van der Waals surface area contributed by atoms with Gasteiger partial charge in [0.25, 0.3) is 5.69 Å². The first kappa shape index (κ1) is 17.1. The zero-order chi connectivity index (χ0) is 17.8. The molecule has 4 nitrogen and oxygen atoms in total. The van der Waals surface area contributed by atoms with E-state index in [1.165, 1.54) is 12.1 Å². The third-order valence-electron chi connectivity index (χ3n) is 4.50. The van der Waals surface area contributed by atoms with Crippen LogP contribution in [0.2, 0.25) is 0 Å². The van der Waals surface area contributed by atoms with Crippen LogP contribution in [0.3, 0.4) is 0 Å². The summed E-state index contributed by atoms with van der Waals surface area (Å²) in [6.07, 6.45) is 5.09. The summed E-state index contributed by atoms with van der Waals surface area (Å²) in [5.74, 6) is -0.360. The summed E-state index contributed by atoms with van der Waals surface area (Å²) in [5, 5.41) is 11.9. The zero-order valence-corrected chi connectivity index (χ0v) is 14.2. The summed E-state index contributed by atoms with van der Waals surface area (Å²) in [4.78, 5) is 14.3. The molecule has 0 aliphatic carbocycles. The van der Waals surface area contributed by atoms with Crippen molar-refractivity contribution < 1.29 is 9.31 Å². The number of rotatable bonds is 7. The molecular formula is C20H21FN2O2. The van der Waals surface area contributed by atoms with Crippen LogP contribution in [0.4, 0.5) is 10.1 Å². The fourth-order valence-electron chi connectivity index (χ4n) is 3.32. The Labute approximate surface area is 145 Å². The van der Waals surface area contributed by atoms with E-state index in [0.717, 1.165) is 37.8 Å². The molecule has 1 N–H and O–H groups in total. The van der Waals surface area contributed by atoms with Crippen molar-refractivity contribution in [1.82, 2.24) is 4.98 Å². The van der Waals surface area contributed by atoms with Crippen molar-refractivity contribution in [3.63, 3.8) is 0 Å². The van der Waals surface area contributed by atoms with Gasteiger partial charge >= 0.3 is 0 Å². The number of unbranched alkanes of at least 4 members (excludes halogenated alkanes) is 3. The molecule has 0 spiro atoms. The van der Waals surface area contributed by atoms with Crippen LogP contribution in [-0.2, 0) is 6.42 Å². The van der Waals surface area contributed by atoms with Crippen LogP contribution < -0.4 is 0 Å². The number of halogens is 1. The van der Waals surface area contributed by atoms with E-state index in [1.54, 1.807) is 24.3 Å². The Balaban J connectivity index is 2.16. The number of benzene rings is 2. The Morgan fingerprint density at radius 3 is 2.64 bits per heavy atom. The highest BCUT2D eigenvalue weighted by molar-refractivity contribution is 6.00. The smallest absolute Gasteiger partial charge is 0.277 e. The average Bonchev–Trinajstić information content (AvgIpc) is 2.98. The molecule has 0 amide bonds. The van der Waals surface area contributed by atoms with Crippen LogP contribution in [0.15, 0.2) is 42.5 Å². The molecule has 3 aromatic rings. The number of H-pyrrole nitrogens is 1. The lowest BCUT2D eigenvalue weighted by Gasteiger charge is -2.07. The van der Waals surface area contributed by atoms with Crippen molar-refractivity contribution >= 4 is 16.6 Å². The highest BCUT2D eigenvalue weighted by Gasteiger charge is 2.22. The predicted octanol–water partition coefficient (Wildman–Crippen LogP) is 6.01. The fraction of sp³-hybridized carbons (Fsp3) is 0.300. The van der Waals surface area contributed by atoms with Gasteiger partial charge in [-0.05, 0) is 31.0 Å². The van der Waals surface area contributed by atoms with Gasteiger partial charge in [-0.3, -0.25) is 10.1 Å². The minimum Gasteiger partial charge on any atom is -0.358 e. The second-order valence-corrected chi connectivity index (χ2v) is 6.23. The number of nitro benzene ring substituents is 1. The Morgan fingerprint density at radius 2 is 1.88 bits per heavy atom. The lowest BCUT2D eigenvalue weighted by atomic mass is 9.97. The van der Waals surface area contributed by atoms with E-state index in [2.05, 4.69) is 11.9 Å². The van der Waals surface area contributed by atoms with Crippen molar-refractivity contribution in [2.45, 2.75) is 39.0 Å². The molecule has 0 bridgehead atoms. The molecule has 130 valence electrons. The quantitative estimate of drug-likeness (QED) is 0.325. The second kappa shape index (κ2) is 7.47. The van der Waals surface area contributed by atoms with E-state index in [9.17, 15) is 14.5 Å². The highest BCUT2D eigenvalue weighted by atomic mass is 19.1. The van der Waals surface area contributed by atoms with Crippen LogP contribution in [-0.4, -0.2) is 9.91 Å². The van der Waals surface area contributed by atoms with Gasteiger partial charge in [0.2, 0.25) is 0 Å². The Bertz CT molecular complexity index is 902. The average molecular weight is 340 g/mol. The predicted molar refractivity (Wildman–Crippen MR) is 98.2 cm³/mol. The van der Waals surface area contributed by atoms with Crippen molar-refractivity contribution in [3.05, 3.63) is 64.1 Å². The van der Waals surface area contributed by atoms with Crippen molar-refractivity contribution in [2.24, 2.45) is 0 Å². The number of para-hydroxylation sites is 1. The van der Waals surface area contributed by atoms with Crippen LogP contribution >= 0.6 is 0 Å². The molecular weight excluding hydrogens is 319 g/mol. The molecule has 0 saturated heterocycles. The van der Waals surface area contributed by atoms with E-state index in [-0.39, 0.29) is 11.5 Å². The number of hydrogen-bond donors (Lipinski definition) is 1. The van der Waals surface area contributed by atoms with Gasteiger partial charge in [0.05, 0.1) is 10.5 Å². The molecule has 0 saturated carbocycles. The highest BCUT2D eigenvalue weighted by Crippen LogP contribution is 2.39. The molecule has 0 atom stereocenters. The van der Waals surface area contributed by atoms with Crippen LogP contribution in [0.5, 0.6) is 0 Å². The molecule has 1 heterocycles. The Kier molecular flexibility index (Phi) is 5.12. The van der Waals surface area contributed by atoms with Gasteiger partial charge in [0, 0.05) is 28.2 Å². The largest absolute Gasteiger partial charge is 0.358 e. The SMILES string of the molecule is CCCCCCc1[nH]c2cccc(F)c2c1-c1ccccc1[N+](=O)[O-]. The summed E-state index contributed by atoms with van der Waals surface area (Å²) in [6, 6.07) is 11.4. The standard InChI is InChI=1S/C20H21FN2O2/c1-2-3-4-5-11-16-19(14-9-6-7-13-18(14)23(24)25)20-15(21)10-8-12-17(20)22-16/h6-10,12-13,22H,2-5,11H2,1H3. The van der Waals surface area contributed by atoms with E-state index in [0.29, 0.717) is 22.0 Å². The summed E-state index contributed by atoms with van der Waals surface area (Å²) in [7, 11) is 0. The lowest BCUT2D eigenvalue weighted by molar-refractivity contribution is -0.384. The van der Waals surface area contributed by atoms with Gasteiger partial charge in [-0.1, -0.05) is 44.4 Å². The monoisotopic (exact) mass is 340 g/mol. The number of fused-ring (bicyclic) bond motifs is 1.